The van der Waals surface area contributed by atoms with Gasteiger partial charge < -0.3 is 15.4 Å². The zero-order valence-electron chi connectivity index (χ0n) is 9.66. The lowest BCUT2D eigenvalue weighted by molar-refractivity contribution is -0.141. The van der Waals surface area contributed by atoms with Crippen LogP contribution in [0.5, 0.6) is 0 Å². The van der Waals surface area contributed by atoms with E-state index in [0.29, 0.717) is 19.5 Å². The van der Waals surface area contributed by atoms with Crippen LogP contribution in [0.4, 0.5) is 0 Å². The molecule has 1 atom stereocenters. The first-order valence-corrected chi connectivity index (χ1v) is 5.17. The fourth-order valence-electron chi connectivity index (χ4n) is 1.27. The van der Waals surface area contributed by atoms with Crippen molar-refractivity contribution in [3.05, 3.63) is 0 Å². The third kappa shape index (κ3) is 4.78. The molecule has 1 unspecified atom stereocenters. The zero-order chi connectivity index (χ0) is 11.8. The van der Waals surface area contributed by atoms with Gasteiger partial charge in [-0.2, -0.15) is 0 Å². The SMILES string of the molecule is CCN(CC)C(=O)C(N)CCC(=O)OC. The van der Waals surface area contributed by atoms with Crippen molar-refractivity contribution in [3.63, 3.8) is 0 Å². The molecule has 0 aromatic carbocycles. The third-order valence-corrected chi connectivity index (χ3v) is 2.28. The summed E-state index contributed by atoms with van der Waals surface area (Å²) in [6, 6.07) is -0.607. The number of methoxy groups -OCH3 is 1. The quantitative estimate of drug-likeness (QED) is 0.641. The average Bonchev–Trinajstić information content (AvgIpc) is 2.26. The summed E-state index contributed by atoms with van der Waals surface area (Å²) in [6.07, 6.45) is 0.521. The topological polar surface area (TPSA) is 72.6 Å². The molecule has 0 fully saturated rings. The molecular weight excluding hydrogens is 196 g/mol. The van der Waals surface area contributed by atoms with Gasteiger partial charge in [-0.25, -0.2) is 0 Å². The number of likely N-dealkylation sites (N-methyl/N-ethyl adjacent to an activating group) is 1. The van der Waals surface area contributed by atoms with E-state index in [1.54, 1.807) is 4.90 Å². The van der Waals surface area contributed by atoms with Crippen molar-refractivity contribution in [1.29, 1.82) is 0 Å². The summed E-state index contributed by atoms with van der Waals surface area (Å²) in [5.41, 5.74) is 5.67. The molecule has 0 aliphatic carbocycles. The number of ether oxygens (including phenoxy) is 1. The Kier molecular flexibility index (Phi) is 6.70. The van der Waals surface area contributed by atoms with Crippen LogP contribution in [-0.4, -0.2) is 43.0 Å². The van der Waals surface area contributed by atoms with Crippen molar-refractivity contribution >= 4 is 11.9 Å². The molecule has 0 aromatic heterocycles. The van der Waals surface area contributed by atoms with Gasteiger partial charge >= 0.3 is 5.97 Å². The van der Waals surface area contributed by atoms with Crippen molar-refractivity contribution in [2.24, 2.45) is 5.73 Å². The number of nitrogens with zero attached hydrogens (tertiary/aromatic N) is 1. The van der Waals surface area contributed by atoms with Gasteiger partial charge in [0.2, 0.25) is 5.91 Å². The summed E-state index contributed by atoms with van der Waals surface area (Å²) in [5.74, 6) is -0.443. The van der Waals surface area contributed by atoms with Crippen molar-refractivity contribution in [1.82, 2.24) is 4.90 Å². The molecule has 0 spiro atoms. The predicted octanol–water partition coefficient (Wildman–Crippen LogP) is 0.135. The fraction of sp³-hybridized carbons (Fsp3) is 0.800. The molecule has 0 heterocycles. The van der Waals surface area contributed by atoms with Crippen LogP contribution < -0.4 is 5.73 Å². The minimum absolute atomic E-state index is 0.107. The second kappa shape index (κ2) is 7.23. The van der Waals surface area contributed by atoms with E-state index < -0.39 is 6.04 Å². The normalized spacial score (nSPS) is 12.0. The Morgan fingerprint density at radius 1 is 1.33 bits per heavy atom. The van der Waals surface area contributed by atoms with Gasteiger partial charge in [0.15, 0.2) is 0 Å². The van der Waals surface area contributed by atoms with E-state index >= 15 is 0 Å². The number of amides is 1. The summed E-state index contributed by atoms with van der Waals surface area (Å²) in [7, 11) is 1.32. The highest BCUT2D eigenvalue weighted by Gasteiger charge is 2.19. The van der Waals surface area contributed by atoms with Crippen LogP contribution in [0.1, 0.15) is 26.7 Å². The lowest BCUT2D eigenvalue weighted by Crippen LogP contribution is -2.43. The van der Waals surface area contributed by atoms with E-state index in [-0.39, 0.29) is 18.3 Å². The Balaban J connectivity index is 4.03. The average molecular weight is 216 g/mol. The second-order valence-electron chi connectivity index (χ2n) is 3.23. The highest BCUT2D eigenvalue weighted by atomic mass is 16.5. The molecule has 0 rings (SSSR count). The Morgan fingerprint density at radius 3 is 2.27 bits per heavy atom. The first kappa shape index (κ1) is 13.9. The molecule has 0 bridgehead atoms. The molecule has 15 heavy (non-hydrogen) atoms. The minimum atomic E-state index is -0.607. The van der Waals surface area contributed by atoms with Gasteiger partial charge in [0.05, 0.1) is 13.2 Å². The van der Waals surface area contributed by atoms with E-state index in [1.165, 1.54) is 7.11 Å². The summed E-state index contributed by atoms with van der Waals surface area (Å²) in [4.78, 5) is 24.2. The second-order valence-corrected chi connectivity index (χ2v) is 3.23. The molecule has 2 N–H and O–H groups in total. The van der Waals surface area contributed by atoms with E-state index in [4.69, 9.17) is 5.73 Å². The summed E-state index contributed by atoms with van der Waals surface area (Å²) in [6.45, 7) is 5.07. The summed E-state index contributed by atoms with van der Waals surface area (Å²) < 4.78 is 4.47. The molecule has 0 radical (unpaired) electrons. The van der Waals surface area contributed by atoms with Crippen molar-refractivity contribution < 1.29 is 14.3 Å². The number of rotatable bonds is 6. The number of hydrogen-bond donors (Lipinski definition) is 1. The number of esters is 1. The summed E-state index contributed by atoms with van der Waals surface area (Å²) >= 11 is 0. The lowest BCUT2D eigenvalue weighted by Gasteiger charge is -2.22. The first-order chi connectivity index (χ1) is 7.06. The van der Waals surface area contributed by atoms with Crippen molar-refractivity contribution in [2.45, 2.75) is 32.7 Å². The maximum Gasteiger partial charge on any atom is 0.305 e. The van der Waals surface area contributed by atoms with Crippen LogP contribution in [0.15, 0.2) is 0 Å². The number of carbonyl (C=O) groups excluding carboxylic acids is 2. The smallest absolute Gasteiger partial charge is 0.305 e. The predicted molar refractivity (Wildman–Crippen MR) is 57.2 cm³/mol. The zero-order valence-corrected chi connectivity index (χ0v) is 9.66. The van der Waals surface area contributed by atoms with Gasteiger partial charge in [0.1, 0.15) is 0 Å². The molecular formula is C10H20N2O3. The fourth-order valence-corrected chi connectivity index (χ4v) is 1.27. The Labute approximate surface area is 90.6 Å². The molecule has 0 saturated heterocycles. The third-order valence-electron chi connectivity index (χ3n) is 2.28. The Bertz CT molecular complexity index is 215. The Hall–Kier alpha value is -1.10. The van der Waals surface area contributed by atoms with E-state index in [9.17, 15) is 9.59 Å². The van der Waals surface area contributed by atoms with Crippen molar-refractivity contribution in [2.75, 3.05) is 20.2 Å². The molecule has 1 amide bonds. The number of hydrogen-bond acceptors (Lipinski definition) is 4. The minimum Gasteiger partial charge on any atom is -0.469 e. The van der Waals surface area contributed by atoms with Crippen LogP contribution in [0, 0.1) is 0 Å². The lowest BCUT2D eigenvalue weighted by atomic mass is 10.1. The number of carbonyl (C=O) groups is 2. The molecule has 0 saturated carbocycles. The monoisotopic (exact) mass is 216 g/mol. The first-order valence-electron chi connectivity index (χ1n) is 5.17. The van der Waals surface area contributed by atoms with Gasteiger partial charge in [-0.3, -0.25) is 9.59 Å². The van der Waals surface area contributed by atoms with E-state index in [0.717, 1.165) is 0 Å². The standard InChI is InChI=1S/C10H20N2O3/c1-4-12(5-2)10(14)8(11)6-7-9(13)15-3/h8H,4-7,11H2,1-3H3. The van der Waals surface area contributed by atoms with Crippen LogP contribution in [0.3, 0.4) is 0 Å². The van der Waals surface area contributed by atoms with Crippen LogP contribution in [0.25, 0.3) is 0 Å². The molecule has 5 heteroatoms. The van der Waals surface area contributed by atoms with Gasteiger partial charge in [-0.1, -0.05) is 0 Å². The highest BCUT2D eigenvalue weighted by molar-refractivity contribution is 5.82. The highest BCUT2D eigenvalue weighted by Crippen LogP contribution is 2.01. The van der Waals surface area contributed by atoms with Gasteiger partial charge in [-0.05, 0) is 20.3 Å². The van der Waals surface area contributed by atoms with Crippen LogP contribution >= 0.6 is 0 Å². The molecule has 5 nitrogen and oxygen atoms in total. The largest absolute Gasteiger partial charge is 0.469 e. The van der Waals surface area contributed by atoms with Crippen molar-refractivity contribution in [3.8, 4) is 0 Å². The van der Waals surface area contributed by atoms with Gasteiger partial charge in [-0.15, -0.1) is 0 Å². The maximum absolute atomic E-state index is 11.7. The summed E-state index contributed by atoms with van der Waals surface area (Å²) in [5, 5.41) is 0. The van der Waals surface area contributed by atoms with Crippen LogP contribution in [-0.2, 0) is 14.3 Å². The molecule has 88 valence electrons. The number of nitrogens with two attached hydrogens (primary N) is 1. The van der Waals surface area contributed by atoms with Gasteiger partial charge in [0, 0.05) is 19.5 Å². The van der Waals surface area contributed by atoms with Gasteiger partial charge in [0.25, 0.3) is 0 Å². The van der Waals surface area contributed by atoms with E-state index in [2.05, 4.69) is 4.74 Å². The molecule has 0 aromatic rings. The maximum atomic E-state index is 11.7. The molecule has 0 aliphatic rings. The Morgan fingerprint density at radius 2 is 1.87 bits per heavy atom. The van der Waals surface area contributed by atoms with Crippen LogP contribution in [0.2, 0.25) is 0 Å². The van der Waals surface area contributed by atoms with E-state index in [1.807, 2.05) is 13.8 Å². The molecule has 0 aliphatic heterocycles.